The highest BCUT2D eigenvalue weighted by Crippen LogP contribution is 2.34. The topological polar surface area (TPSA) is 77.3 Å². The smallest absolute Gasteiger partial charge is 0.245 e. The normalized spacial score (nSPS) is 14.4. The molecule has 1 aliphatic heterocycles. The minimum atomic E-state index is -0.0351. The van der Waals surface area contributed by atoms with Crippen LogP contribution in [-0.4, -0.2) is 69.9 Å². The number of hydrogen-bond acceptors (Lipinski definition) is 7. The van der Waals surface area contributed by atoms with Gasteiger partial charge in [-0.15, -0.1) is 0 Å². The zero-order valence-electron chi connectivity index (χ0n) is 20.7. The van der Waals surface area contributed by atoms with Gasteiger partial charge in [-0.2, -0.15) is 4.98 Å². The van der Waals surface area contributed by atoms with Crippen LogP contribution in [0.15, 0.2) is 54.9 Å². The number of hydrogen-bond donors (Lipinski definition) is 1. The highest BCUT2D eigenvalue weighted by molar-refractivity contribution is 6.33. The van der Waals surface area contributed by atoms with Crippen molar-refractivity contribution in [1.29, 1.82) is 0 Å². The number of nitrogens with one attached hydrogen (secondary N) is 1. The zero-order valence-corrected chi connectivity index (χ0v) is 21.4. The largest absolute Gasteiger partial charge is 0.492 e. The third kappa shape index (κ3) is 5.61. The molecule has 0 unspecified atom stereocenters. The van der Waals surface area contributed by atoms with Gasteiger partial charge in [-0.05, 0) is 37.6 Å². The Morgan fingerprint density at radius 3 is 2.61 bits per heavy atom. The fourth-order valence-corrected chi connectivity index (χ4v) is 4.60. The van der Waals surface area contributed by atoms with Crippen molar-refractivity contribution in [2.24, 2.45) is 0 Å². The molecule has 0 saturated carbocycles. The molecule has 0 radical (unpaired) electrons. The monoisotopic (exact) mass is 506 g/mol. The Labute approximate surface area is 216 Å². The molecule has 3 heterocycles. The van der Waals surface area contributed by atoms with E-state index in [1.165, 1.54) is 6.33 Å². The molecule has 5 rings (SSSR count). The molecular formula is C27H31ClN6O2. The summed E-state index contributed by atoms with van der Waals surface area (Å²) in [6.07, 6.45) is 1.48. The van der Waals surface area contributed by atoms with E-state index in [4.69, 9.17) is 26.1 Å². The quantitative estimate of drug-likeness (QED) is 0.363. The minimum absolute atomic E-state index is 0.0351. The van der Waals surface area contributed by atoms with Crippen molar-refractivity contribution in [3.8, 4) is 23.0 Å². The van der Waals surface area contributed by atoms with E-state index < -0.39 is 0 Å². The van der Waals surface area contributed by atoms with E-state index in [0.29, 0.717) is 41.0 Å². The molecule has 4 aromatic rings. The average Bonchev–Trinajstić information content (AvgIpc) is 3.24. The first-order valence-electron chi connectivity index (χ1n) is 12.4. The fraction of sp³-hybridized carbons (Fsp3) is 0.370. The Hall–Kier alpha value is -3.20. The summed E-state index contributed by atoms with van der Waals surface area (Å²) in [5.74, 6) is 1.92. The summed E-state index contributed by atoms with van der Waals surface area (Å²) in [7, 11) is 0. The van der Waals surface area contributed by atoms with Crippen LogP contribution in [0.1, 0.15) is 19.4 Å². The summed E-state index contributed by atoms with van der Waals surface area (Å²) in [4.78, 5) is 16.2. The number of imidazole rings is 1. The molecule has 1 N–H and O–H groups in total. The molecule has 0 amide bonds. The molecule has 1 aliphatic rings. The molecule has 36 heavy (non-hydrogen) atoms. The molecule has 9 heteroatoms. The van der Waals surface area contributed by atoms with E-state index >= 15 is 0 Å². The maximum Gasteiger partial charge on any atom is 0.245 e. The van der Waals surface area contributed by atoms with Crippen LogP contribution < -0.4 is 14.8 Å². The number of nitrogens with zero attached hydrogens (tertiary/aromatic N) is 5. The van der Waals surface area contributed by atoms with Gasteiger partial charge in [-0.1, -0.05) is 41.9 Å². The molecule has 2 aromatic carbocycles. The molecule has 0 aliphatic carbocycles. The molecular weight excluding hydrogens is 476 g/mol. The maximum atomic E-state index is 6.80. The van der Waals surface area contributed by atoms with E-state index in [-0.39, 0.29) is 6.10 Å². The Bertz CT molecular complexity index is 1300. The van der Waals surface area contributed by atoms with Crippen LogP contribution in [0.4, 0.5) is 0 Å². The second kappa shape index (κ2) is 11.2. The van der Waals surface area contributed by atoms with Crippen molar-refractivity contribution in [1.82, 2.24) is 29.7 Å². The first kappa shape index (κ1) is 24.5. The second-order valence-electron chi connectivity index (χ2n) is 9.11. The Morgan fingerprint density at radius 2 is 1.86 bits per heavy atom. The van der Waals surface area contributed by atoms with Crippen LogP contribution >= 0.6 is 11.6 Å². The molecule has 8 nitrogen and oxygen atoms in total. The summed E-state index contributed by atoms with van der Waals surface area (Å²) >= 11 is 6.80. The summed E-state index contributed by atoms with van der Waals surface area (Å²) in [5.41, 5.74) is 3.25. The third-order valence-corrected chi connectivity index (χ3v) is 6.41. The van der Waals surface area contributed by atoms with Gasteiger partial charge in [-0.25, -0.2) is 9.97 Å². The van der Waals surface area contributed by atoms with E-state index in [0.717, 1.165) is 49.6 Å². The first-order valence-corrected chi connectivity index (χ1v) is 12.7. The van der Waals surface area contributed by atoms with Crippen molar-refractivity contribution in [2.75, 3.05) is 39.3 Å². The Kier molecular flexibility index (Phi) is 7.65. The molecule has 0 bridgehead atoms. The van der Waals surface area contributed by atoms with Gasteiger partial charge in [0.2, 0.25) is 5.88 Å². The van der Waals surface area contributed by atoms with Crippen LogP contribution in [0.25, 0.3) is 22.6 Å². The predicted molar refractivity (Wildman–Crippen MR) is 142 cm³/mol. The van der Waals surface area contributed by atoms with Crippen LogP contribution in [0.3, 0.4) is 0 Å². The number of rotatable bonds is 9. The third-order valence-electron chi connectivity index (χ3n) is 6.10. The van der Waals surface area contributed by atoms with Crippen LogP contribution in [0.2, 0.25) is 5.02 Å². The average molecular weight is 507 g/mol. The standard InChI is InChI=1S/C27H31ClN6O2/c1-19(2)36-27-24-26(30-18-31-27)34(17-20-6-4-3-5-7-20)25(32-24)22-9-8-21(16-23(22)28)35-15-14-33-12-10-29-11-13-33/h3-9,16,18-19,29H,10-15,17H2,1-2H3. The second-order valence-corrected chi connectivity index (χ2v) is 9.51. The van der Waals surface area contributed by atoms with Gasteiger partial charge in [-0.3, -0.25) is 4.90 Å². The number of benzene rings is 2. The summed E-state index contributed by atoms with van der Waals surface area (Å²) in [6, 6.07) is 16.0. The van der Waals surface area contributed by atoms with E-state index in [2.05, 4.69) is 36.9 Å². The van der Waals surface area contributed by atoms with Gasteiger partial charge in [0.15, 0.2) is 11.2 Å². The van der Waals surface area contributed by atoms with Gasteiger partial charge in [0.25, 0.3) is 0 Å². The fourth-order valence-electron chi connectivity index (χ4n) is 4.34. The van der Waals surface area contributed by atoms with Crippen molar-refractivity contribution in [3.05, 3.63) is 65.4 Å². The number of fused-ring (bicyclic) bond motifs is 1. The molecule has 188 valence electrons. The summed E-state index contributed by atoms with van der Waals surface area (Å²) < 4.78 is 14.0. The van der Waals surface area contributed by atoms with Gasteiger partial charge in [0, 0.05) is 38.3 Å². The van der Waals surface area contributed by atoms with Crippen molar-refractivity contribution >= 4 is 22.8 Å². The van der Waals surface area contributed by atoms with Gasteiger partial charge < -0.3 is 19.4 Å². The number of halogens is 1. The van der Waals surface area contributed by atoms with Crippen LogP contribution in [-0.2, 0) is 6.54 Å². The van der Waals surface area contributed by atoms with Gasteiger partial charge in [0.05, 0.1) is 17.7 Å². The Morgan fingerprint density at radius 1 is 1.06 bits per heavy atom. The minimum Gasteiger partial charge on any atom is -0.492 e. The maximum absolute atomic E-state index is 6.80. The summed E-state index contributed by atoms with van der Waals surface area (Å²) in [6.45, 7) is 10.2. The van der Waals surface area contributed by atoms with Gasteiger partial charge in [0.1, 0.15) is 24.5 Å². The lowest BCUT2D eigenvalue weighted by Gasteiger charge is -2.26. The van der Waals surface area contributed by atoms with E-state index in [1.54, 1.807) is 0 Å². The molecule has 2 aromatic heterocycles. The zero-order chi connectivity index (χ0) is 24.9. The number of piperazine rings is 1. The van der Waals surface area contributed by atoms with E-state index in [1.807, 2.05) is 50.2 Å². The van der Waals surface area contributed by atoms with Crippen molar-refractivity contribution in [3.63, 3.8) is 0 Å². The number of aromatic nitrogens is 4. The number of ether oxygens (including phenoxy) is 2. The summed E-state index contributed by atoms with van der Waals surface area (Å²) in [5, 5.41) is 3.94. The molecule has 1 fully saturated rings. The van der Waals surface area contributed by atoms with Crippen LogP contribution in [0.5, 0.6) is 11.6 Å². The SMILES string of the molecule is CC(C)Oc1ncnc2c1nc(-c1ccc(OCCN3CCNCC3)cc1Cl)n2Cc1ccccc1. The lowest BCUT2D eigenvalue weighted by atomic mass is 10.2. The highest BCUT2D eigenvalue weighted by Gasteiger charge is 2.21. The molecule has 1 saturated heterocycles. The van der Waals surface area contributed by atoms with Crippen molar-refractivity contribution in [2.45, 2.75) is 26.5 Å². The van der Waals surface area contributed by atoms with Gasteiger partial charge >= 0.3 is 0 Å². The lowest BCUT2D eigenvalue weighted by molar-refractivity contribution is 0.191. The lowest BCUT2D eigenvalue weighted by Crippen LogP contribution is -2.44. The first-order chi connectivity index (χ1) is 17.6. The van der Waals surface area contributed by atoms with Crippen molar-refractivity contribution < 1.29 is 9.47 Å². The highest BCUT2D eigenvalue weighted by atomic mass is 35.5. The van der Waals surface area contributed by atoms with E-state index in [9.17, 15) is 0 Å². The molecule has 0 spiro atoms. The predicted octanol–water partition coefficient (Wildman–Crippen LogP) is 4.27. The Balaban J connectivity index is 1.45. The molecule has 0 atom stereocenters. The van der Waals surface area contributed by atoms with Crippen LogP contribution in [0, 0.1) is 0 Å².